The largest absolute Gasteiger partial charge is 0.383 e. The average molecular weight is 532 g/mol. The van der Waals surface area contributed by atoms with Crippen molar-refractivity contribution in [3.63, 3.8) is 0 Å². The number of aryl methyl sites for hydroxylation is 2. The Morgan fingerprint density at radius 3 is 2.93 bits per heavy atom. The first-order valence-electron chi connectivity index (χ1n) is 10.3. The molecule has 3 heterocycles. The Balaban J connectivity index is 0.00000300. The molecule has 0 saturated heterocycles. The van der Waals surface area contributed by atoms with Crippen LogP contribution in [0.4, 0.5) is 0 Å². The third-order valence-electron chi connectivity index (χ3n) is 5.00. The van der Waals surface area contributed by atoms with E-state index < -0.39 is 5.60 Å². The van der Waals surface area contributed by atoms with Crippen molar-refractivity contribution < 1.29 is 5.11 Å². The number of nitrogens with one attached hydrogen (secondary N) is 2. The minimum atomic E-state index is -0.949. The number of fused-ring (bicyclic) bond motifs is 1. The molecule has 162 valence electrons. The quantitative estimate of drug-likeness (QED) is 0.211. The van der Waals surface area contributed by atoms with Gasteiger partial charge in [-0.15, -0.1) is 45.5 Å². The average Bonchev–Trinajstić information content (AvgIpc) is 3.29. The molecule has 0 aromatic carbocycles. The molecule has 0 radical (unpaired) electrons. The van der Waals surface area contributed by atoms with Gasteiger partial charge in [0.25, 0.3) is 0 Å². The minimum absolute atomic E-state index is 0. The summed E-state index contributed by atoms with van der Waals surface area (Å²) in [5, 5.41) is 28.0. The molecule has 0 bridgehead atoms. The summed E-state index contributed by atoms with van der Waals surface area (Å²) in [5.74, 6) is 2.98. The van der Waals surface area contributed by atoms with Crippen LogP contribution in [0.25, 0.3) is 0 Å². The Hall–Kier alpha value is -1.20. The summed E-state index contributed by atoms with van der Waals surface area (Å²) in [5.41, 5.74) is -0.949. The predicted molar refractivity (Wildman–Crippen MR) is 129 cm³/mol. The molecule has 2 aromatic heterocycles. The fourth-order valence-corrected chi connectivity index (χ4v) is 4.20. The zero-order chi connectivity index (χ0) is 19.8. The number of aromatic nitrogens is 3. The van der Waals surface area contributed by atoms with Crippen LogP contribution in [0.1, 0.15) is 56.1 Å². The second kappa shape index (κ2) is 11.8. The van der Waals surface area contributed by atoms with Crippen LogP contribution in [0.15, 0.2) is 22.5 Å². The van der Waals surface area contributed by atoms with Crippen molar-refractivity contribution in [3.8, 4) is 0 Å². The molecule has 7 nitrogen and oxygen atoms in total. The number of aliphatic hydroxyl groups is 1. The maximum atomic E-state index is 10.7. The molecule has 9 heteroatoms. The fraction of sp³-hybridized carbons (Fsp3) is 0.650. The predicted octanol–water partition coefficient (Wildman–Crippen LogP) is 3.08. The summed E-state index contributed by atoms with van der Waals surface area (Å²) < 4.78 is 2.31. The maximum Gasteiger partial charge on any atom is 0.191 e. The van der Waals surface area contributed by atoms with Crippen molar-refractivity contribution in [2.45, 2.75) is 64.5 Å². The highest BCUT2D eigenvalue weighted by Crippen LogP contribution is 2.25. The number of rotatable bonds is 8. The number of hydrogen-bond acceptors (Lipinski definition) is 5. The molecular weight excluding hydrogens is 499 g/mol. The highest BCUT2D eigenvalue weighted by Gasteiger charge is 2.24. The lowest BCUT2D eigenvalue weighted by atomic mass is 10.1. The van der Waals surface area contributed by atoms with Gasteiger partial charge in [-0.1, -0.05) is 12.5 Å². The van der Waals surface area contributed by atoms with Crippen molar-refractivity contribution in [1.29, 1.82) is 0 Å². The van der Waals surface area contributed by atoms with E-state index >= 15 is 0 Å². The fourth-order valence-electron chi connectivity index (χ4n) is 3.42. The van der Waals surface area contributed by atoms with E-state index in [1.807, 2.05) is 31.4 Å². The first-order valence-corrected chi connectivity index (χ1v) is 11.2. The zero-order valence-electron chi connectivity index (χ0n) is 17.4. The van der Waals surface area contributed by atoms with E-state index in [0.29, 0.717) is 6.54 Å². The van der Waals surface area contributed by atoms with Gasteiger partial charge < -0.3 is 20.3 Å². The minimum Gasteiger partial charge on any atom is -0.383 e. The van der Waals surface area contributed by atoms with E-state index in [9.17, 15) is 5.11 Å². The molecule has 3 rings (SSSR count). The van der Waals surface area contributed by atoms with E-state index in [-0.39, 0.29) is 24.0 Å². The summed E-state index contributed by atoms with van der Waals surface area (Å²) >= 11 is 1.55. The van der Waals surface area contributed by atoms with Gasteiger partial charge in [0, 0.05) is 37.4 Å². The third kappa shape index (κ3) is 6.92. The maximum absolute atomic E-state index is 10.7. The molecule has 1 aliphatic rings. The standard InChI is InChI=1S/C20H32N6OS.HI/c1-3-21-19(23-15-20(2,27)16-9-8-14-28-16)22-12-7-11-18-25-24-17-10-5-4-6-13-26(17)18;/h8-9,14,27H,3-7,10-13,15H2,1-2H3,(H2,21,22,23);1H. The molecular formula is C20H33IN6OS. The summed E-state index contributed by atoms with van der Waals surface area (Å²) in [4.78, 5) is 5.51. The molecule has 1 atom stereocenters. The van der Waals surface area contributed by atoms with E-state index in [1.165, 1.54) is 19.3 Å². The Kier molecular flexibility index (Phi) is 9.84. The van der Waals surface area contributed by atoms with E-state index in [4.69, 9.17) is 0 Å². The van der Waals surface area contributed by atoms with Crippen molar-refractivity contribution in [2.24, 2.45) is 4.99 Å². The molecule has 0 amide bonds. The summed E-state index contributed by atoms with van der Waals surface area (Å²) in [6, 6.07) is 3.90. The lowest BCUT2D eigenvalue weighted by molar-refractivity contribution is 0.0711. The number of hydrogen-bond donors (Lipinski definition) is 3. The molecule has 1 aliphatic heterocycles. The van der Waals surface area contributed by atoms with Crippen LogP contribution in [0.5, 0.6) is 0 Å². The van der Waals surface area contributed by atoms with Gasteiger partial charge in [-0.25, -0.2) is 4.99 Å². The Labute approximate surface area is 194 Å². The molecule has 1 unspecified atom stereocenters. The highest BCUT2D eigenvalue weighted by molar-refractivity contribution is 14.0. The van der Waals surface area contributed by atoms with E-state index in [1.54, 1.807) is 11.3 Å². The molecule has 29 heavy (non-hydrogen) atoms. The SMILES string of the molecule is CCNC(=NCC(C)(O)c1cccs1)NCCCc1nnc2n1CCCCC2.I. The van der Waals surface area contributed by atoms with Gasteiger partial charge in [0.05, 0.1) is 6.54 Å². The van der Waals surface area contributed by atoms with E-state index in [2.05, 4.69) is 30.4 Å². The lowest BCUT2D eigenvalue weighted by Gasteiger charge is -2.20. The molecule has 0 fully saturated rings. The van der Waals surface area contributed by atoms with Gasteiger partial charge in [-0.2, -0.15) is 0 Å². The van der Waals surface area contributed by atoms with Crippen molar-refractivity contribution in [3.05, 3.63) is 34.0 Å². The lowest BCUT2D eigenvalue weighted by Crippen LogP contribution is -2.39. The molecule has 2 aromatic rings. The van der Waals surface area contributed by atoms with Gasteiger partial charge in [0.2, 0.25) is 0 Å². The first kappa shape index (κ1) is 24.1. The summed E-state index contributed by atoms with van der Waals surface area (Å²) in [7, 11) is 0. The van der Waals surface area contributed by atoms with Crippen molar-refractivity contribution >= 4 is 41.3 Å². The van der Waals surface area contributed by atoms with Crippen LogP contribution in [-0.2, 0) is 25.0 Å². The Bertz CT molecular complexity index is 759. The first-order chi connectivity index (χ1) is 13.6. The topological polar surface area (TPSA) is 87.4 Å². The van der Waals surface area contributed by atoms with Crippen LogP contribution in [0, 0.1) is 0 Å². The summed E-state index contributed by atoms with van der Waals surface area (Å²) in [6.45, 7) is 6.80. The van der Waals surface area contributed by atoms with Crippen LogP contribution in [0.3, 0.4) is 0 Å². The third-order valence-corrected chi connectivity index (χ3v) is 6.12. The second-order valence-corrected chi connectivity index (χ2v) is 8.42. The van der Waals surface area contributed by atoms with Gasteiger partial charge >= 0.3 is 0 Å². The van der Waals surface area contributed by atoms with Crippen LogP contribution in [0.2, 0.25) is 0 Å². The van der Waals surface area contributed by atoms with Crippen molar-refractivity contribution in [1.82, 2.24) is 25.4 Å². The Morgan fingerprint density at radius 1 is 1.31 bits per heavy atom. The number of guanidine groups is 1. The monoisotopic (exact) mass is 532 g/mol. The summed E-state index contributed by atoms with van der Waals surface area (Å²) in [6.07, 6.45) is 6.64. The number of aliphatic imine (C=N–C) groups is 1. The number of nitrogens with zero attached hydrogens (tertiary/aromatic N) is 4. The van der Waals surface area contributed by atoms with Crippen LogP contribution >= 0.6 is 35.3 Å². The van der Waals surface area contributed by atoms with Gasteiger partial charge in [0.15, 0.2) is 5.96 Å². The highest BCUT2D eigenvalue weighted by atomic mass is 127. The zero-order valence-corrected chi connectivity index (χ0v) is 20.5. The molecule has 3 N–H and O–H groups in total. The Morgan fingerprint density at radius 2 is 2.17 bits per heavy atom. The second-order valence-electron chi connectivity index (χ2n) is 7.47. The van der Waals surface area contributed by atoms with Crippen LogP contribution < -0.4 is 10.6 Å². The van der Waals surface area contributed by atoms with Crippen LogP contribution in [-0.4, -0.2) is 45.5 Å². The normalized spacial score (nSPS) is 16.3. The van der Waals surface area contributed by atoms with Crippen molar-refractivity contribution in [2.75, 3.05) is 19.6 Å². The molecule has 0 aliphatic carbocycles. The van der Waals surface area contributed by atoms with Gasteiger partial charge in [-0.05, 0) is 44.6 Å². The number of thiophene rings is 1. The van der Waals surface area contributed by atoms with Gasteiger partial charge in [0.1, 0.15) is 17.2 Å². The van der Waals surface area contributed by atoms with E-state index in [0.717, 1.165) is 61.4 Å². The number of halogens is 1. The smallest absolute Gasteiger partial charge is 0.191 e. The van der Waals surface area contributed by atoms with Gasteiger partial charge in [-0.3, -0.25) is 0 Å². The molecule has 0 saturated carbocycles. The molecule has 0 spiro atoms.